The van der Waals surface area contributed by atoms with E-state index in [4.69, 9.17) is 14.2 Å². The Kier molecular flexibility index (Phi) is 4.04. The fourth-order valence-electron chi connectivity index (χ4n) is 1.79. The Morgan fingerprint density at radius 3 is 2.59 bits per heavy atom. The maximum Gasteiger partial charge on any atom is 0.119 e. The Balaban J connectivity index is 1.83. The predicted octanol–water partition coefficient (Wildman–Crippen LogP) is 2.81. The fourth-order valence-corrected chi connectivity index (χ4v) is 1.79. The molecule has 0 saturated heterocycles. The number of ether oxygens (including phenoxy) is 3. The summed E-state index contributed by atoms with van der Waals surface area (Å²) in [5, 5.41) is 0. The van der Waals surface area contributed by atoms with Crippen molar-refractivity contribution in [1.82, 2.24) is 0 Å². The molecule has 17 heavy (non-hydrogen) atoms. The van der Waals surface area contributed by atoms with Gasteiger partial charge >= 0.3 is 0 Å². The molecule has 0 bridgehead atoms. The molecule has 3 heteroatoms. The molecule has 0 amide bonds. The summed E-state index contributed by atoms with van der Waals surface area (Å²) in [6, 6.07) is 7.58. The van der Waals surface area contributed by atoms with Crippen LogP contribution in [0.3, 0.4) is 0 Å². The van der Waals surface area contributed by atoms with Crippen molar-refractivity contribution in [2.45, 2.75) is 25.6 Å². The monoisotopic (exact) mass is 234 g/mol. The molecule has 2 atom stereocenters. The van der Waals surface area contributed by atoms with Crippen LogP contribution in [0.2, 0.25) is 0 Å². The molecular formula is C14H18O3. The van der Waals surface area contributed by atoms with Crippen molar-refractivity contribution in [1.29, 1.82) is 0 Å². The van der Waals surface area contributed by atoms with Crippen molar-refractivity contribution in [2.24, 2.45) is 0 Å². The average molecular weight is 234 g/mol. The van der Waals surface area contributed by atoms with Gasteiger partial charge in [0, 0.05) is 0 Å². The van der Waals surface area contributed by atoms with E-state index >= 15 is 0 Å². The van der Waals surface area contributed by atoms with Crippen molar-refractivity contribution in [3.8, 4) is 11.5 Å². The van der Waals surface area contributed by atoms with Gasteiger partial charge in [0.15, 0.2) is 0 Å². The molecule has 0 N–H and O–H groups in total. The lowest BCUT2D eigenvalue weighted by molar-refractivity contribution is -0.0105. The third-order valence-corrected chi connectivity index (χ3v) is 2.71. The molecule has 0 aromatic heterocycles. The molecule has 0 unspecified atom stereocenters. The summed E-state index contributed by atoms with van der Waals surface area (Å²) in [7, 11) is 1.65. The topological polar surface area (TPSA) is 27.7 Å². The van der Waals surface area contributed by atoms with Crippen LogP contribution in [-0.4, -0.2) is 25.9 Å². The molecule has 1 aliphatic rings. The Morgan fingerprint density at radius 1 is 1.24 bits per heavy atom. The van der Waals surface area contributed by atoms with Gasteiger partial charge in [-0.3, -0.25) is 0 Å². The van der Waals surface area contributed by atoms with E-state index in [9.17, 15) is 0 Å². The van der Waals surface area contributed by atoms with Gasteiger partial charge in [-0.15, -0.1) is 0 Å². The van der Waals surface area contributed by atoms with Crippen LogP contribution in [0.25, 0.3) is 0 Å². The van der Waals surface area contributed by atoms with Gasteiger partial charge in [-0.25, -0.2) is 0 Å². The summed E-state index contributed by atoms with van der Waals surface area (Å²) in [5.74, 6) is 1.68. The quantitative estimate of drug-likeness (QED) is 0.750. The number of hydrogen-bond acceptors (Lipinski definition) is 3. The van der Waals surface area contributed by atoms with E-state index in [-0.39, 0.29) is 12.2 Å². The van der Waals surface area contributed by atoms with Crippen LogP contribution >= 0.6 is 0 Å². The lowest BCUT2D eigenvalue weighted by atomic mass is 10.1. The van der Waals surface area contributed by atoms with Crippen LogP contribution in [0.1, 0.15) is 13.3 Å². The highest BCUT2D eigenvalue weighted by atomic mass is 16.5. The molecule has 0 fully saturated rings. The minimum Gasteiger partial charge on any atom is -0.497 e. The molecule has 1 heterocycles. The number of hydrogen-bond donors (Lipinski definition) is 0. The van der Waals surface area contributed by atoms with Gasteiger partial charge in [0.2, 0.25) is 0 Å². The largest absolute Gasteiger partial charge is 0.497 e. The molecule has 2 rings (SSSR count). The second-order valence-electron chi connectivity index (χ2n) is 4.11. The van der Waals surface area contributed by atoms with Gasteiger partial charge in [-0.2, -0.15) is 0 Å². The highest BCUT2D eigenvalue weighted by molar-refractivity contribution is 5.31. The Labute approximate surface area is 102 Å². The standard InChI is InChI=1S/C14H18O3/c1-11-4-3-5-14(17-11)10-16-13-8-6-12(15-2)7-9-13/h3-4,6-9,11,14H,5,10H2,1-2H3/t11-,14+/m0/s1. The van der Waals surface area contributed by atoms with Crippen LogP contribution < -0.4 is 9.47 Å². The molecule has 1 aliphatic heterocycles. The van der Waals surface area contributed by atoms with Gasteiger partial charge in [0.05, 0.1) is 19.3 Å². The molecule has 1 aromatic carbocycles. The molecule has 0 aliphatic carbocycles. The molecule has 0 saturated carbocycles. The van der Waals surface area contributed by atoms with E-state index in [1.807, 2.05) is 31.2 Å². The maximum absolute atomic E-state index is 5.72. The SMILES string of the molecule is COc1ccc(OC[C@H]2CC=C[C@H](C)O2)cc1. The van der Waals surface area contributed by atoms with Crippen LogP contribution in [0.5, 0.6) is 11.5 Å². The number of rotatable bonds is 4. The lowest BCUT2D eigenvalue weighted by Crippen LogP contribution is -2.27. The van der Waals surface area contributed by atoms with E-state index in [0.717, 1.165) is 17.9 Å². The molecule has 3 nitrogen and oxygen atoms in total. The van der Waals surface area contributed by atoms with Gasteiger partial charge in [-0.1, -0.05) is 12.2 Å². The van der Waals surface area contributed by atoms with E-state index < -0.39 is 0 Å². The molecular weight excluding hydrogens is 216 g/mol. The van der Waals surface area contributed by atoms with Crippen molar-refractivity contribution in [3.63, 3.8) is 0 Å². The van der Waals surface area contributed by atoms with E-state index in [2.05, 4.69) is 12.2 Å². The molecule has 0 spiro atoms. The summed E-state index contributed by atoms with van der Waals surface area (Å²) >= 11 is 0. The zero-order valence-electron chi connectivity index (χ0n) is 10.3. The summed E-state index contributed by atoms with van der Waals surface area (Å²) < 4.78 is 16.5. The Bertz CT molecular complexity index is 370. The van der Waals surface area contributed by atoms with Crippen LogP contribution in [0.4, 0.5) is 0 Å². The number of benzene rings is 1. The highest BCUT2D eigenvalue weighted by Gasteiger charge is 2.15. The minimum atomic E-state index is 0.150. The third kappa shape index (κ3) is 3.49. The van der Waals surface area contributed by atoms with Gasteiger partial charge in [-0.05, 0) is 37.6 Å². The molecule has 0 radical (unpaired) electrons. The molecule has 92 valence electrons. The second kappa shape index (κ2) is 5.73. The second-order valence-corrected chi connectivity index (χ2v) is 4.11. The Morgan fingerprint density at radius 2 is 1.94 bits per heavy atom. The van der Waals surface area contributed by atoms with E-state index in [1.165, 1.54) is 0 Å². The summed E-state index contributed by atoms with van der Waals surface area (Å²) in [4.78, 5) is 0. The van der Waals surface area contributed by atoms with Crippen molar-refractivity contribution >= 4 is 0 Å². The van der Waals surface area contributed by atoms with Gasteiger partial charge < -0.3 is 14.2 Å². The lowest BCUT2D eigenvalue weighted by Gasteiger charge is -2.23. The zero-order valence-corrected chi connectivity index (χ0v) is 10.3. The third-order valence-electron chi connectivity index (χ3n) is 2.71. The minimum absolute atomic E-state index is 0.150. The first-order valence-electron chi connectivity index (χ1n) is 5.87. The van der Waals surface area contributed by atoms with E-state index in [0.29, 0.717) is 6.61 Å². The smallest absolute Gasteiger partial charge is 0.119 e. The summed E-state index contributed by atoms with van der Waals surface area (Å²) in [5.41, 5.74) is 0. The van der Waals surface area contributed by atoms with Crippen LogP contribution in [0.15, 0.2) is 36.4 Å². The zero-order chi connectivity index (χ0) is 12.1. The maximum atomic E-state index is 5.72. The van der Waals surface area contributed by atoms with Gasteiger partial charge in [0.1, 0.15) is 18.1 Å². The van der Waals surface area contributed by atoms with Crippen molar-refractivity contribution in [3.05, 3.63) is 36.4 Å². The predicted molar refractivity (Wildman–Crippen MR) is 66.6 cm³/mol. The fraction of sp³-hybridized carbons (Fsp3) is 0.429. The van der Waals surface area contributed by atoms with Crippen LogP contribution in [0, 0.1) is 0 Å². The summed E-state index contributed by atoms with van der Waals surface area (Å²) in [6.45, 7) is 2.62. The first-order valence-corrected chi connectivity index (χ1v) is 5.87. The van der Waals surface area contributed by atoms with Gasteiger partial charge in [0.25, 0.3) is 0 Å². The first-order chi connectivity index (χ1) is 8.28. The van der Waals surface area contributed by atoms with Crippen LogP contribution in [-0.2, 0) is 4.74 Å². The van der Waals surface area contributed by atoms with Crippen molar-refractivity contribution < 1.29 is 14.2 Å². The first kappa shape index (κ1) is 12.0. The van der Waals surface area contributed by atoms with Crippen molar-refractivity contribution in [2.75, 3.05) is 13.7 Å². The summed E-state index contributed by atoms with van der Waals surface area (Å²) in [6.07, 6.45) is 5.48. The number of methoxy groups -OCH3 is 1. The highest BCUT2D eigenvalue weighted by Crippen LogP contribution is 2.19. The normalized spacial score (nSPS) is 23.4. The molecule has 1 aromatic rings. The average Bonchev–Trinajstić information content (AvgIpc) is 2.37. The Hall–Kier alpha value is -1.48. The van der Waals surface area contributed by atoms with E-state index in [1.54, 1.807) is 7.11 Å².